The van der Waals surface area contributed by atoms with E-state index in [9.17, 15) is 0 Å². The van der Waals surface area contributed by atoms with Crippen LogP contribution < -0.4 is 5.73 Å². The minimum atomic E-state index is -0.423. The quantitative estimate of drug-likeness (QED) is 0.869. The van der Waals surface area contributed by atoms with Crippen molar-refractivity contribution in [2.45, 2.75) is 58.3 Å². The first-order valence-electron chi connectivity index (χ1n) is 7.30. The van der Waals surface area contributed by atoms with E-state index >= 15 is 0 Å². The molecule has 114 valence electrons. The third-order valence-corrected chi connectivity index (χ3v) is 4.16. The molecule has 1 aliphatic heterocycles. The van der Waals surface area contributed by atoms with Crippen LogP contribution in [0.4, 0.5) is 0 Å². The van der Waals surface area contributed by atoms with E-state index in [1.807, 2.05) is 71.9 Å². The van der Waals surface area contributed by atoms with Crippen LogP contribution >= 0.6 is 0 Å². The summed E-state index contributed by atoms with van der Waals surface area (Å²) in [6.45, 7) is 12.0. The van der Waals surface area contributed by atoms with Crippen LogP contribution in [0.2, 0.25) is 0 Å². The van der Waals surface area contributed by atoms with Crippen molar-refractivity contribution < 1.29 is 9.31 Å². The SMILES string of the molecule is CC(C)(N)c1ccc(/C=C/B2OC(C)(C)C(C)(C)O2)cn1. The summed E-state index contributed by atoms with van der Waals surface area (Å²) in [6.07, 6.45) is 3.77. The zero-order valence-corrected chi connectivity index (χ0v) is 13.8. The summed E-state index contributed by atoms with van der Waals surface area (Å²) in [5, 5.41) is 0. The second kappa shape index (κ2) is 5.23. The van der Waals surface area contributed by atoms with Gasteiger partial charge in [0.25, 0.3) is 0 Å². The highest BCUT2D eigenvalue weighted by molar-refractivity contribution is 6.52. The highest BCUT2D eigenvalue weighted by Crippen LogP contribution is 2.37. The smallest absolute Gasteiger partial charge is 0.400 e. The molecule has 2 N–H and O–H groups in total. The number of rotatable bonds is 3. The van der Waals surface area contributed by atoms with Crippen LogP contribution in [0, 0.1) is 0 Å². The normalized spacial score (nSPS) is 21.2. The van der Waals surface area contributed by atoms with Gasteiger partial charge in [0.1, 0.15) is 0 Å². The second-order valence-electron chi connectivity index (χ2n) is 7.18. The Labute approximate surface area is 127 Å². The lowest BCUT2D eigenvalue weighted by molar-refractivity contribution is 0.00578. The van der Waals surface area contributed by atoms with Gasteiger partial charge in [0, 0.05) is 6.20 Å². The van der Waals surface area contributed by atoms with Crippen molar-refractivity contribution in [3.63, 3.8) is 0 Å². The molecule has 1 fully saturated rings. The van der Waals surface area contributed by atoms with Gasteiger partial charge in [-0.05, 0) is 53.2 Å². The number of aromatic nitrogens is 1. The first-order valence-corrected chi connectivity index (χ1v) is 7.30. The van der Waals surface area contributed by atoms with Crippen LogP contribution in [-0.2, 0) is 14.8 Å². The summed E-state index contributed by atoms with van der Waals surface area (Å²) in [5.74, 6) is 1.92. The van der Waals surface area contributed by atoms with Gasteiger partial charge in [0.15, 0.2) is 0 Å². The van der Waals surface area contributed by atoms with Crippen molar-refractivity contribution >= 4 is 13.2 Å². The minimum Gasteiger partial charge on any atom is -0.400 e. The van der Waals surface area contributed by atoms with Crippen LogP contribution in [-0.4, -0.2) is 23.3 Å². The van der Waals surface area contributed by atoms with Crippen LogP contribution in [0.15, 0.2) is 24.3 Å². The Morgan fingerprint density at radius 2 is 1.71 bits per heavy atom. The number of nitrogens with two attached hydrogens (primary N) is 1. The summed E-state index contributed by atoms with van der Waals surface area (Å²) in [5.41, 5.74) is 6.84. The van der Waals surface area contributed by atoms with Crippen molar-refractivity contribution in [3.05, 3.63) is 35.6 Å². The van der Waals surface area contributed by atoms with Gasteiger partial charge in [-0.1, -0.05) is 18.1 Å². The molecule has 0 spiro atoms. The maximum absolute atomic E-state index is 6.02. The standard InChI is InChI=1S/C16H25BN2O2/c1-14(2,18)13-8-7-12(11-19-13)9-10-17-20-15(3,4)16(5,6)21-17/h7-11H,18H2,1-6H3/b10-9+. The molecule has 2 rings (SSSR count). The minimum absolute atomic E-state index is 0.312. The predicted molar refractivity (Wildman–Crippen MR) is 86.6 cm³/mol. The molecule has 2 heterocycles. The fraction of sp³-hybridized carbons (Fsp3) is 0.562. The van der Waals surface area contributed by atoms with Gasteiger partial charge in [-0.3, -0.25) is 4.98 Å². The second-order valence-corrected chi connectivity index (χ2v) is 7.18. The van der Waals surface area contributed by atoms with Gasteiger partial charge in [-0.15, -0.1) is 0 Å². The Morgan fingerprint density at radius 1 is 1.14 bits per heavy atom. The maximum atomic E-state index is 6.02. The molecule has 0 atom stereocenters. The lowest BCUT2D eigenvalue weighted by Gasteiger charge is -2.32. The van der Waals surface area contributed by atoms with E-state index in [-0.39, 0.29) is 18.3 Å². The molecule has 0 aliphatic carbocycles. The number of pyridine rings is 1. The van der Waals surface area contributed by atoms with Crippen molar-refractivity contribution in [1.29, 1.82) is 0 Å². The first-order chi connectivity index (χ1) is 9.51. The van der Waals surface area contributed by atoms with Crippen molar-refractivity contribution in [3.8, 4) is 0 Å². The maximum Gasteiger partial charge on any atom is 0.487 e. The largest absolute Gasteiger partial charge is 0.487 e. The van der Waals surface area contributed by atoms with E-state index in [2.05, 4.69) is 4.98 Å². The number of hydrogen-bond donors (Lipinski definition) is 1. The lowest BCUT2D eigenvalue weighted by Crippen LogP contribution is -2.41. The van der Waals surface area contributed by atoms with Gasteiger partial charge in [0.05, 0.1) is 22.4 Å². The molecular weight excluding hydrogens is 263 g/mol. The van der Waals surface area contributed by atoms with E-state index in [1.165, 1.54) is 0 Å². The molecule has 1 saturated heterocycles. The van der Waals surface area contributed by atoms with Gasteiger partial charge in [0.2, 0.25) is 0 Å². The van der Waals surface area contributed by atoms with E-state index in [0.29, 0.717) is 0 Å². The molecule has 5 heteroatoms. The number of hydrogen-bond acceptors (Lipinski definition) is 4. The molecule has 0 radical (unpaired) electrons. The Bertz CT molecular complexity index is 514. The lowest BCUT2D eigenvalue weighted by atomic mass is 9.89. The van der Waals surface area contributed by atoms with Gasteiger partial charge >= 0.3 is 7.12 Å². The molecule has 4 nitrogen and oxygen atoms in total. The number of nitrogens with zero attached hydrogens (tertiary/aromatic N) is 1. The van der Waals surface area contributed by atoms with Crippen LogP contribution in [0.1, 0.15) is 52.8 Å². The van der Waals surface area contributed by atoms with E-state index in [1.54, 1.807) is 0 Å². The molecule has 0 aromatic carbocycles. The van der Waals surface area contributed by atoms with E-state index < -0.39 is 5.54 Å². The average Bonchev–Trinajstić information content (AvgIpc) is 2.55. The summed E-state index contributed by atoms with van der Waals surface area (Å²) in [7, 11) is -0.333. The molecule has 1 aliphatic rings. The van der Waals surface area contributed by atoms with Crippen LogP contribution in [0.5, 0.6) is 0 Å². The monoisotopic (exact) mass is 288 g/mol. The highest BCUT2D eigenvalue weighted by atomic mass is 16.7. The first kappa shape index (κ1) is 16.2. The molecule has 21 heavy (non-hydrogen) atoms. The van der Waals surface area contributed by atoms with Crippen LogP contribution in [0.25, 0.3) is 6.08 Å². The average molecular weight is 288 g/mol. The predicted octanol–water partition coefficient (Wildman–Crippen LogP) is 2.92. The fourth-order valence-corrected chi connectivity index (χ4v) is 2.04. The Morgan fingerprint density at radius 3 is 2.14 bits per heavy atom. The summed E-state index contributed by atoms with van der Waals surface area (Å²) in [4.78, 5) is 4.39. The molecule has 0 bridgehead atoms. The molecule has 0 unspecified atom stereocenters. The topological polar surface area (TPSA) is 57.4 Å². The Kier molecular flexibility index (Phi) is 4.04. The van der Waals surface area contributed by atoms with Gasteiger partial charge in [-0.25, -0.2) is 0 Å². The zero-order valence-electron chi connectivity index (χ0n) is 13.8. The van der Waals surface area contributed by atoms with E-state index in [4.69, 9.17) is 15.0 Å². The molecule has 1 aromatic rings. The fourth-order valence-electron chi connectivity index (χ4n) is 2.04. The summed E-state index contributed by atoms with van der Waals surface area (Å²) in [6, 6.07) is 3.95. The van der Waals surface area contributed by atoms with Crippen molar-refractivity contribution in [1.82, 2.24) is 4.98 Å². The highest BCUT2D eigenvalue weighted by Gasteiger charge is 2.49. The Balaban J connectivity index is 2.06. The third-order valence-electron chi connectivity index (χ3n) is 4.16. The summed E-state index contributed by atoms with van der Waals surface area (Å²) < 4.78 is 11.8. The molecular formula is C16H25BN2O2. The molecule has 0 amide bonds. The summed E-state index contributed by atoms with van der Waals surface area (Å²) >= 11 is 0. The van der Waals surface area contributed by atoms with Gasteiger partial charge in [-0.2, -0.15) is 0 Å². The molecule has 0 saturated carbocycles. The van der Waals surface area contributed by atoms with Crippen molar-refractivity contribution in [2.24, 2.45) is 5.73 Å². The Hall–Kier alpha value is -1.17. The third kappa shape index (κ3) is 3.54. The zero-order chi connectivity index (χ0) is 15.9. The van der Waals surface area contributed by atoms with E-state index in [0.717, 1.165) is 11.3 Å². The molecule has 1 aromatic heterocycles. The van der Waals surface area contributed by atoms with Crippen molar-refractivity contribution in [2.75, 3.05) is 0 Å². The van der Waals surface area contributed by atoms with Gasteiger partial charge < -0.3 is 15.0 Å². The van der Waals surface area contributed by atoms with Crippen LogP contribution in [0.3, 0.4) is 0 Å².